The molecule has 3 amide bonds. The van der Waals surface area contributed by atoms with Gasteiger partial charge < -0.3 is 20.3 Å². The Morgan fingerprint density at radius 3 is 2.64 bits per heavy atom. The van der Waals surface area contributed by atoms with Crippen LogP contribution in [0.1, 0.15) is 22.3 Å². The van der Waals surface area contributed by atoms with Gasteiger partial charge in [0.25, 0.3) is 5.91 Å². The molecule has 11 heteroatoms. The molecule has 0 aliphatic carbocycles. The minimum Gasteiger partial charge on any atom is -0.377 e. The van der Waals surface area contributed by atoms with Gasteiger partial charge in [-0.05, 0) is 18.2 Å². The van der Waals surface area contributed by atoms with Crippen molar-refractivity contribution in [2.24, 2.45) is 0 Å². The van der Waals surface area contributed by atoms with Crippen LogP contribution in [-0.4, -0.2) is 60.3 Å². The van der Waals surface area contributed by atoms with Crippen molar-refractivity contribution in [1.29, 1.82) is 0 Å². The molecule has 152 valence electrons. The number of fused-ring (bicyclic) bond motifs is 2. The maximum atomic E-state index is 13.3. The second-order valence-corrected chi connectivity index (χ2v) is 6.81. The smallest absolute Gasteiger partial charge is 0.377 e. The second kappa shape index (κ2) is 7.96. The first-order valence-electron chi connectivity index (χ1n) is 8.44. The number of hydrogen-bond acceptors (Lipinski definition) is 4. The minimum atomic E-state index is -4.72. The summed E-state index contributed by atoms with van der Waals surface area (Å²) < 4.78 is 45.3. The highest BCUT2D eigenvalue weighted by atomic mass is 35.5. The Hall–Kier alpha value is -2.33. The summed E-state index contributed by atoms with van der Waals surface area (Å²) >= 11 is 5.39. The van der Waals surface area contributed by atoms with Gasteiger partial charge in [0.2, 0.25) is 11.8 Å². The summed E-state index contributed by atoms with van der Waals surface area (Å²) in [6.07, 6.45) is -4.72. The van der Waals surface area contributed by atoms with Gasteiger partial charge in [0.15, 0.2) is 0 Å². The average molecular weight is 420 g/mol. The third kappa shape index (κ3) is 4.39. The third-order valence-electron chi connectivity index (χ3n) is 4.51. The fraction of sp³-hybridized carbons (Fsp3) is 0.471. The van der Waals surface area contributed by atoms with Gasteiger partial charge >= 0.3 is 6.18 Å². The SMILES string of the molecule is O=C1CC2COCC(CN1)N2C(=O)c1cc(NC(=O)CCl)cc(C(F)(F)F)c1. The van der Waals surface area contributed by atoms with E-state index in [9.17, 15) is 27.6 Å². The molecule has 1 aromatic rings. The quantitative estimate of drug-likeness (QED) is 0.729. The molecule has 2 aliphatic heterocycles. The summed E-state index contributed by atoms with van der Waals surface area (Å²) in [4.78, 5) is 37.8. The molecule has 3 rings (SSSR count). The second-order valence-electron chi connectivity index (χ2n) is 6.54. The minimum absolute atomic E-state index is 0.00293. The molecule has 2 unspecified atom stereocenters. The summed E-state index contributed by atoms with van der Waals surface area (Å²) in [5.41, 5.74) is -1.51. The molecule has 2 fully saturated rings. The lowest BCUT2D eigenvalue weighted by atomic mass is 10.0. The fourth-order valence-corrected chi connectivity index (χ4v) is 3.36. The van der Waals surface area contributed by atoms with Crippen molar-refractivity contribution in [3.63, 3.8) is 0 Å². The summed E-state index contributed by atoms with van der Waals surface area (Å²) in [7, 11) is 0. The number of carbonyl (C=O) groups excluding carboxylic acids is 3. The maximum Gasteiger partial charge on any atom is 0.416 e. The van der Waals surface area contributed by atoms with Gasteiger partial charge in [0, 0.05) is 24.2 Å². The topological polar surface area (TPSA) is 87.7 Å². The number of benzene rings is 1. The highest BCUT2D eigenvalue weighted by Gasteiger charge is 2.40. The Balaban J connectivity index is 1.98. The predicted molar refractivity (Wildman–Crippen MR) is 93.0 cm³/mol. The average Bonchev–Trinajstić information content (AvgIpc) is 2.73. The Bertz CT molecular complexity index is 802. The van der Waals surface area contributed by atoms with E-state index in [0.29, 0.717) is 0 Å². The molecule has 2 heterocycles. The van der Waals surface area contributed by atoms with Crippen molar-refractivity contribution in [1.82, 2.24) is 10.2 Å². The molecule has 2 bridgehead atoms. The highest BCUT2D eigenvalue weighted by Crippen LogP contribution is 2.33. The number of alkyl halides is 4. The van der Waals surface area contributed by atoms with E-state index in [2.05, 4.69) is 10.6 Å². The van der Waals surface area contributed by atoms with E-state index >= 15 is 0 Å². The largest absolute Gasteiger partial charge is 0.416 e. The Morgan fingerprint density at radius 1 is 1.25 bits per heavy atom. The van der Waals surface area contributed by atoms with Gasteiger partial charge in [0.05, 0.1) is 30.9 Å². The molecule has 0 spiro atoms. The normalized spacial score (nSPS) is 22.3. The first kappa shape index (κ1) is 20.4. The van der Waals surface area contributed by atoms with Gasteiger partial charge in [-0.15, -0.1) is 11.6 Å². The van der Waals surface area contributed by atoms with E-state index in [1.165, 1.54) is 11.0 Å². The van der Waals surface area contributed by atoms with Crippen LogP contribution in [0, 0.1) is 0 Å². The molecule has 2 saturated heterocycles. The molecule has 0 saturated carbocycles. The van der Waals surface area contributed by atoms with E-state index in [1.807, 2.05) is 0 Å². The molecule has 0 radical (unpaired) electrons. The van der Waals surface area contributed by atoms with Crippen LogP contribution in [0.15, 0.2) is 18.2 Å². The zero-order valence-corrected chi connectivity index (χ0v) is 15.3. The van der Waals surface area contributed by atoms with Crippen molar-refractivity contribution >= 4 is 35.0 Å². The molecule has 7 nitrogen and oxygen atoms in total. The predicted octanol–water partition coefficient (Wildman–Crippen LogP) is 1.61. The van der Waals surface area contributed by atoms with Crippen molar-refractivity contribution in [2.75, 3.05) is 31.0 Å². The van der Waals surface area contributed by atoms with Crippen LogP contribution in [0.3, 0.4) is 0 Å². The summed E-state index contributed by atoms with van der Waals surface area (Å²) in [6, 6.07) is 1.56. The van der Waals surface area contributed by atoms with Gasteiger partial charge in [0.1, 0.15) is 5.88 Å². The Morgan fingerprint density at radius 2 is 1.96 bits per heavy atom. The van der Waals surface area contributed by atoms with Crippen LogP contribution in [0.25, 0.3) is 0 Å². The zero-order valence-electron chi connectivity index (χ0n) is 14.5. The Labute approximate surface area is 163 Å². The molecule has 28 heavy (non-hydrogen) atoms. The van der Waals surface area contributed by atoms with Crippen LogP contribution >= 0.6 is 11.6 Å². The van der Waals surface area contributed by atoms with Crippen LogP contribution in [0.5, 0.6) is 0 Å². The van der Waals surface area contributed by atoms with Crippen LogP contribution in [0.2, 0.25) is 0 Å². The molecular weight excluding hydrogens is 403 g/mol. The number of nitrogens with zero attached hydrogens (tertiary/aromatic N) is 1. The molecule has 0 aromatic heterocycles. The summed E-state index contributed by atoms with van der Waals surface area (Å²) in [5.74, 6) is -2.06. The lowest BCUT2D eigenvalue weighted by Crippen LogP contribution is -2.55. The fourth-order valence-electron chi connectivity index (χ4n) is 3.29. The number of morpholine rings is 1. The summed E-state index contributed by atoms with van der Waals surface area (Å²) in [6.45, 7) is 0.428. The highest BCUT2D eigenvalue weighted by molar-refractivity contribution is 6.29. The molecule has 2 aliphatic rings. The Kier molecular flexibility index (Phi) is 5.80. The first-order valence-corrected chi connectivity index (χ1v) is 8.97. The van der Waals surface area contributed by atoms with Gasteiger partial charge in [-0.2, -0.15) is 13.2 Å². The lowest BCUT2D eigenvalue weighted by molar-refractivity contribution is -0.137. The van der Waals surface area contributed by atoms with Crippen LogP contribution < -0.4 is 10.6 Å². The van der Waals surface area contributed by atoms with Crippen molar-refractivity contribution in [3.05, 3.63) is 29.3 Å². The van der Waals surface area contributed by atoms with Crippen molar-refractivity contribution < 1.29 is 32.3 Å². The summed E-state index contributed by atoms with van der Waals surface area (Å²) in [5, 5.41) is 4.91. The van der Waals surface area contributed by atoms with Gasteiger partial charge in [-0.1, -0.05) is 0 Å². The maximum absolute atomic E-state index is 13.3. The van der Waals surface area contributed by atoms with Gasteiger partial charge in [-0.25, -0.2) is 0 Å². The third-order valence-corrected chi connectivity index (χ3v) is 4.75. The number of nitrogens with one attached hydrogen (secondary N) is 2. The zero-order chi connectivity index (χ0) is 20.5. The number of halogens is 4. The number of anilines is 1. The van der Waals surface area contributed by atoms with Crippen LogP contribution in [-0.2, 0) is 20.5 Å². The lowest BCUT2D eigenvalue weighted by Gasteiger charge is -2.39. The van der Waals surface area contributed by atoms with Crippen molar-refractivity contribution in [3.8, 4) is 0 Å². The number of hydrogen-bond donors (Lipinski definition) is 2. The van der Waals surface area contributed by atoms with E-state index < -0.39 is 41.5 Å². The van der Waals surface area contributed by atoms with Crippen molar-refractivity contribution in [2.45, 2.75) is 24.7 Å². The van der Waals surface area contributed by atoms with E-state index in [1.54, 1.807) is 0 Å². The number of amides is 3. The number of rotatable bonds is 3. The van der Waals surface area contributed by atoms with Gasteiger partial charge in [-0.3, -0.25) is 14.4 Å². The van der Waals surface area contributed by atoms with E-state index in [0.717, 1.165) is 12.1 Å². The monoisotopic (exact) mass is 419 g/mol. The van der Waals surface area contributed by atoms with Crippen LogP contribution in [0.4, 0.5) is 18.9 Å². The number of carbonyl (C=O) groups is 3. The molecule has 2 N–H and O–H groups in total. The number of ether oxygens (including phenoxy) is 1. The standard InChI is InChI=1S/C17H17ClF3N3O4/c18-5-15(26)23-11-2-9(1-10(3-11)17(19,20)21)16(27)24-12-4-14(25)22-6-13(24)8-28-7-12/h1-3,12-13H,4-8H2,(H,22,25)(H,23,26). The molecule has 1 aromatic carbocycles. The van der Waals surface area contributed by atoms with E-state index in [4.69, 9.17) is 16.3 Å². The first-order chi connectivity index (χ1) is 13.2. The van der Waals surface area contributed by atoms with E-state index in [-0.39, 0.29) is 43.3 Å². The molecular formula is C17H17ClF3N3O4. The molecule has 2 atom stereocenters.